The summed E-state index contributed by atoms with van der Waals surface area (Å²) < 4.78 is 11.3. The number of ether oxygens (including phenoxy) is 2. The quantitative estimate of drug-likeness (QED) is 0.286. The minimum Gasteiger partial charge on any atom is -0.455 e. The Kier molecular flexibility index (Phi) is 2.63. The van der Waals surface area contributed by atoms with E-state index in [4.69, 9.17) is 9.47 Å². The lowest BCUT2D eigenvalue weighted by atomic mass is 9.84. The van der Waals surface area contributed by atoms with E-state index >= 15 is 0 Å². The van der Waals surface area contributed by atoms with Gasteiger partial charge in [-0.1, -0.05) is 18.2 Å². The first-order valence-electron chi connectivity index (χ1n) is 6.74. The van der Waals surface area contributed by atoms with Crippen molar-refractivity contribution in [3.63, 3.8) is 0 Å². The van der Waals surface area contributed by atoms with Crippen molar-refractivity contribution < 1.29 is 14.3 Å². The monoisotopic (exact) mass is 248 g/mol. The topological polar surface area (TPSA) is 38.8 Å². The first-order valence-corrected chi connectivity index (χ1v) is 6.74. The lowest BCUT2D eigenvalue weighted by Gasteiger charge is -2.19. The van der Waals surface area contributed by atoms with Crippen molar-refractivity contribution in [3.8, 4) is 0 Å². The van der Waals surface area contributed by atoms with Gasteiger partial charge in [0.15, 0.2) is 0 Å². The van der Waals surface area contributed by atoms with E-state index in [0.717, 1.165) is 25.7 Å². The molecular formula is C15H20O3. The zero-order valence-corrected chi connectivity index (χ0v) is 11.1. The average molecular weight is 248 g/mol. The molecule has 0 aromatic heterocycles. The van der Waals surface area contributed by atoms with Gasteiger partial charge in [0.1, 0.15) is 12.2 Å². The molecule has 0 aromatic carbocycles. The first kappa shape index (κ1) is 12.0. The van der Waals surface area contributed by atoms with Gasteiger partial charge in [0, 0.05) is 11.5 Å². The van der Waals surface area contributed by atoms with Crippen LogP contribution in [0.1, 0.15) is 39.5 Å². The fourth-order valence-electron chi connectivity index (χ4n) is 3.20. The SMILES string of the molecule is C=C1C(=O)O[C@H]2[C@@H]1CC/C(C)=C/CC[C@@]1(C)O[C@@H]21. The van der Waals surface area contributed by atoms with Gasteiger partial charge >= 0.3 is 5.97 Å². The van der Waals surface area contributed by atoms with Crippen LogP contribution in [-0.4, -0.2) is 23.8 Å². The van der Waals surface area contributed by atoms with Crippen molar-refractivity contribution in [2.24, 2.45) is 5.92 Å². The van der Waals surface area contributed by atoms with E-state index in [-0.39, 0.29) is 29.7 Å². The Balaban J connectivity index is 1.87. The summed E-state index contributed by atoms with van der Waals surface area (Å²) in [5.74, 6) is -0.102. The number of hydrogen-bond acceptors (Lipinski definition) is 3. The molecule has 18 heavy (non-hydrogen) atoms. The maximum absolute atomic E-state index is 11.7. The van der Waals surface area contributed by atoms with Gasteiger partial charge < -0.3 is 9.47 Å². The van der Waals surface area contributed by atoms with Crippen LogP contribution in [-0.2, 0) is 14.3 Å². The summed E-state index contributed by atoms with van der Waals surface area (Å²) in [4.78, 5) is 11.7. The molecule has 0 N–H and O–H groups in total. The highest BCUT2D eigenvalue weighted by atomic mass is 16.6. The van der Waals surface area contributed by atoms with Crippen LogP contribution in [0.5, 0.6) is 0 Å². The predicted octanol–water partition coefficient (Wildman–Crippen LogP) is 2.76. The highest BCUT2D eigenvalue weighted by molar-refractivity contribution is 5.91. The van der Waals surface area contributed by atoms with Gasteiger partial charge in [-0.15, -0.1) is 0 Å². The summed E-state index contributed by atoms with van der Waals surface area (Å²) >= 11 is 0. The molecule has 2 heterocycles. The standard InChI is InChI=1S/C15H20O3/c1-9-5-4-8-15(3)13(18-15)12-11(7-6-9)10(2)14(16)17-12/h5,11-13H,2,4,6-8H2,1,3H3/b9-5+/t11-,12+,13+,15-/m1/s1. The second kappa shape index (κ2) is 3.95. The van der Waals surface area contributed by atoms with Gasteiger partial charge in [0.25, 0.3) is 0 Å². The van der Waals surface area contributed by atoms with Crippen molar-refractivity contribution in [2.45, 2.75) is 57.3 Å². The van der Waals surface area contributed by atoms with Crippen molar-refractivity contribution in [3.05, 3.63) is 23.8 Å². The second-order valence-electron chi connectivity index (χ2n) is 5.98. The highest BCUT2D eigenvalue weighted by Crippen LogP contribution is 2.49. The Morgan fingerprint density at radius 3 is 3.06 bits per heavy atom. The molecule has 3 rings (SSSR count). The van der Waals surface area contributed by atoms with Crippen molar-refractivity contribution in [1.82, 2.24) is 0 Å². The van der Waals surface area contributed by atoms with E-state index in [0.29, 0.717) is 5.57 Å². The van der Waals surface area contributed by atoms with Crippen LogP contribution in [0.4, 0.5) is 0 Å². The van der Waals surface area contributed by atoms with Crippen molar-refractivity contribution in [2.75, 3.05) is 0 Å². The summed E-state index contributed by atoms with van der Waals surface area (Å²) in [6.07, 6.45) is 6.25. The lowest BCUT2D eigenvalue weighted by molar-refractivity contribution is -0.140. The van der Waals surface area contributed by atoms with Gasteiger partial charge in [0.2, 0.25) is 0 Å². The second-order valence-corrected chi connectivity index (χ2v) is 5.98. The summed E-state index contributed by atoms with van der Waals surface area (Å²) in [6, 6.07) is 0. The van der Waals surface area contributed by atoms with Gasteiger partial charge in [0.05, 0.1) is 5.60 Å². The molecule has 0 unspecified atom stereocenters. The molecule has 2 saturated heterocycles. The van der Waals surface area contributed by atoms with Crippen LogP contribution in [0.25, 0.3) is 0 Å². The van der Waals surface area contributed by atoms with Crippen LogP contribution in [0, 0.1) is 5.92 Å². The Morgan fingerprint density at radius 2 is 2.28 bits per heavy atom. The van der Waals surface area contributed by atoms with Crippen LogP contribution in [0.15, 0.2) is 23.8 Å². The number of carbonyl (C=O) groups excluding carboxylic acids is 1. The van der Waals surface area contributed by atoms with Crippen LogP contribution >= 0.6 is 0 Å². The molecule has 1 aliphatic carbocycles. The number of allylic oxidation sites excluding steroid dienone is 2. The molecule has 0 spiro atoms. The normalized spacial score (nSPS) is 46.6. The molecule has 2 aliphatic heterocycles. The molecule has 0 radical (unpaired) electrons. The number of rotatable bonds is 0. The molecule has 3 aliphatic rings. The highest BCUT2D eigenvalue weighted by Gasteiger charge is 2.61. The van der Waals surface area contributed by atoms with Crippen LogP contribution < -0.4 is 0 Å². The minimum absolute atomic E-state index is 0.0671. The third-order valence-electron chi connectivity index (χ3n) is 4.57. The summed E-state index contributed by atoms with van der Waals surface area (Å²) in [5, 5.41) is 0. The molecule has 2 fully saturated rings. The van der Waals surface area contributed by atoms with E-state index < -0.39 is 0 Å². The number of hydrogen-bond donors (Lipinski definition) is 0. The number of epoxide rings is 1. The third-order valence-corrected chi connectivity index (χ3v) is 4.57. The molecule has 0 bridgehead atoms. The Labute approximate surface area is 108 Å². The van der Waals surface area contributed by atoms with E-state index in [2.05, 4.69) is 26.5 Å². The molecular weight excluding hydrogens is 228 g/mol. The van der Waals surface area contributed by atoms with E-state index in [1.165, 1.54) is 5.57 Å². The Hall–Kier alpha value is -1.09. The van der Waals surface area contributed by atoms with Gasteiger partial charge in [-0.3, -0.25) is 0 Å². The number of fused-ring (bicyclic) bond motifs is 3. The van der Waals surface area contributed by atoms with Gasteiger partial charge in [-0.25, -0.2) is 4.79 Å². The summed E-state index contributed by atoms with van der Waals surface area (Å²) in [5.41, 5.74) is 1.91. The van der Waals surface area contributed by atoms with Crippen molar-refractivity contribution >= 4 is 5.97 Å². The molecule has 3 nitrogen and oxygen atoms in total. The van der Waals surface area contributed by atoms with E-state index in [9.17, 15) is 4.79 Å². The molecule has 4 atom stereocenters. The number of carbonyl (C=O) groups is 1. The first-order chi connectivity index (χ1) is 8.51. The third kappa shape index (κ3) is 1.81. The average Bonchev–Trinajstić information content (AvgIpc) is 2.90. The smallest absolute Gasteiger partial charge is 0.334 e. The van der Waals surface area contributed by atoms with E-state index in [1.807, 2.05) is 0 Å². The summed E-state index contributed by atoms with van der Waals surface area (Å²) in [6.45, 7) is 8.17. The van der Waals surface area contributed by atoms with Gasteiger partial charge in [-0.2, -0.15) is 0 Å². The zero-order valence-electron chi connectivity index (χ0n) is 11.1. The zero-order chi connectivity index (χ0) is 12.9. The van der Waals surface area contributed by atoms with Crippen molar-refractivity contribution in [1.29, 1.82) is 0 Å². The fraction of sp³-hybridized carbons (Fsp3) is 0.667. The molecule has 0 saturated carbocycles. The summed E-state index contributed by atoms with van der Waals surface area (Å²) in [7, 11) is 0. The van der Waals surface area contributed by atoms with Gasteiger partial charge in [-0.05, 0) is 39.5 Å². The molecule has 3 heteroatoms. The molecule has 98 valence electrons. The minimum atomic E-state index is -0.233. The molecule has 0 amide bonds. The number of esters is 1. The Bertz CT molecular complexity index is 437. The van der Waals surface area contributed by atoms with E-state index in [1.54, 1.807) is 0 Å². The predicted molar refractivity (Wildman–Crippen MR) is 68.0 cm³/mol. The van der Waals surface area contributed by atoms with Crippen LogP contribution in [0.3, 0.4) is 0 Å². The fourth-order valence-corrected chi connectivity index (χ4v) is 3.20. The Morgan fingerprint density at radius 1 is 1.50 bits per heavy atom. The largest absolute Gasteiger partial charge is 0.455 e. The van der Waals surface area contributed by atoms with Crippen LogP contribution in [0.2, 0.25) is 0 Å². The maximum Gasteiger partial charge on any atom is 0.334 e. The maximum atomic E-state index is 11.7. The molecule has 0 aromatic rings. The lowest BCUT2D eigenvalue weighted by Crippen LogP contribution is -2.28.